The zero-order valence-electron chi connectivity index (χ0n) is 10.2. The van der Waals surface area contributed by atoms with Crippen LogP contribution < -0.4 is 10.1 Å². The van der Waals surface area contributed by atoms with Crippen LogP contribution in [-0.2, 0) is 11.2 Å². The summed E-state index contributed by atoms with van der Waals surface area (Å²) in [4.78, 5) is 12.0. The van der Waals surface area contributed by atoms with E-state index in [2.05, 4.69) is 5.32 Å². The van der Waals surface area contributed by atoms with E-state index in [1.807, 2.05) is 36.0 Å². The molecule has 96 valence electrons. The van der Waals surface area contributed by atoms with Crippen LogP contribution >= 0.6 is 11.8 Å². The Hall–Kier alpha value is -1.16. The van der Waals surface area contributed by atoms with Crippen LogP contribution in [0.1, 0.15) is 12.0 Å². The number of thioether (sulfide) groups is 1. The van der Waals surface area contributed by atoms with Crippen molar-refractivity contribution < 1.29 is 9.53 Å². The van der Waals surface area contributed by atoms with Crippen molar-refractivity contribution in [3.05, 3.63) is 29.8 Å². The van der Waals surface area contributed by atoms with E-state index < -0.39 is 0 Å². The SMILES string of the molecule is O=C(NCC1CCSC1)C1Cc2ccccc2O1. The molecule has 1 aromatic rings. The van der Waals surface area contributed by atoms with Gasteiger partial charge in [0, 0.05) is 13.0 Å². The summed E-state index contributed by atoms with van der Waals surface area (Å²) in [5.41, 5.74) is 1.13. The van der Waals surface area contributed by atoms with Crippen molar-refractivity contribution in [2.75, 3.05) is 18.1 Å². The van der Waals surface area contributed by atoms with Crippen molar-refractivity contribution in [3.63, 3.8) is 0 Å². The Morgan fingerprint density at radius 3 is 3.11 bits per heavy atom. The van der Waals surface area contributed by atoms with E-state index in [4.69, 9.17) is 4.74 Å². The Balaban J connectivity index is 1.52. The molecular weight excluding hydrogens is 246 g/mol. The number of hydrogen-bond acceptors (Lipinski definition) is 3. The fraction of sp³-hybridized carbons (Fsp3) is 0.500. The second-order valence-electron chi connectivity index (χ2n) is 4.89. The van der Waals surface area contributed by atoms with Crippen molar-refractivity contribution in [3.8, 4) is 5.75 Å². The highest BCUT2D eigenvalue weighted by Gasteiger charge is 2.29. The molecule has 3 nitrogen and oxygen atoms in total. The number of carbonyl (C=O) groups excluding carboxylic acids is 1. The van der Waals surface area contributed by atoms with Gasteiger partial charge in [-0.2, -0.15) is 11.8 Å². The van der Waals surface area contributed by atoms with E-state index in [0.717, 1.165) is 17.9 Å². The van der Waals surface area contributed by atoms with E-state index in [1.165, 1.54) is 17.9 Å². The predicted octanol–water partition coefficient (Wildman–Crippen LogP) is 1.86. The van der Waals surface area contributed by atoms with Crippen molar-refractivity contribution in [2.45, 2.75) is 18.9 Å². The second kappa shape index (κ2) is 5.22. The van der Waals surface area contributed by atoms with Crippen LogP contribution in [0.25, 0.3) is 0 Å². The lowest BCUT2D eigenvalue weighted by Gasteiger charge is -2.14. The summed E-state index contributed by atoms with van der Waals surface area (Å²) in [5, 5.41) is 3.02. The molecule has 1 N–H and O–H groups in total. The normalized spacial score (nSPS) is 25.6. The van der Waals surface area contributed by atoms with Gasteiger partial charge in [-0.3, -0.25) is 4.79 Å². The molecule has 0 bridgehead atoms. The molecule has 0 aliphatic carbocycles. The molecule has 2 atom stereocenters. The maximum absolute atomic E-state index is 12.0. The quantitative estimate of drug-likeness (QED) is 0.904. The monoisotopic (exact) mass is 263 g/mol. The summed E-state index contributed by atoms with van der Waals surface area (Å²) < 4.78 is 5.67. The molecule has 4 heteroatoms. The van der Waals surface area contributed by atoms with E-state index in [-0.39, 0.29) is 12.0 Å². The lowest BCUT2D eigenvalue weighted by atomic mass is 10.1. The first kappa shape index (κ1) is 11.9. The van der Waals surface area contributed by atoms with Crippen LogP contribution in [-0.4, -0.2) is 30.1 Å². The molecule has 0 aromatic heterocycles. The van der Waals surface area contributed by atoms with Crippen molar-refractivity contribution in [2.24, 2.45) is 5.92 Å². The van der Waals surface area contributed by atoms with Crippen molar-refractivity contribution in [1.29, 1.82) is 0 Å². The van der Waals surface area contributed by atoms with Gasteiger partial charge >= 0.3 is 0 Å². The third-order valence-electron chi connectivity index (χ3n) is 3.53. The third kappa shape index (κ3) is 2.48. The number of nitrogens with one attached hydrogen (secondary N) is 1. The van der Waals surface area contributed by atoms with Gasteiger partial charge in [0.15, 0.2) is 6.10 Å². The first-order chi connectivity index (χ1) is 8.83. The molecule has 1 fully saturated rings. The van der Waals surface area contributed by atoms with Gasteiger partial charge in [0.05, 0.1) is 0 Å². The molecule has 2 aliphatic rings. The molecule has 1 saturated heterocycles. The maximum Gasteiger partial charge on any atom is 0.261 e. The molecular formula is C14H17NO2S. The first-order valence-corrected chi connectivity index (χ1v) is 7.58. The minimum absolute atomic E-state index is 0.0306. The molecule has 0 radical (unpaired) electrons. The number of ether oxygens (including phenoxy) is 1. The lowest BCUT2D eigenvalue weighted by Crippen LogP contribution is -2.39. The number of para-hydroxylation sites is 1. The molecule has 2 unspecified atom stereocenters. The summed E-state index contributed by atoms with van der Waals surface area (Å²) in [6.07, 6.45) is 1.58. The van der Waals surface area contributed by atoms with Crippen LogP contribution in [0.4, 0.5) is 0 Å². The third-order valence-corrected chi connectivity index (χ3v) is 4.76. The summed E-state index contributed by atoms with van der Waals surface area (Å²) >= 11 is 1.97. The van der Waals surface area contributed by atoms with Crippen LogP contribution in [0.3, 0.4) is 0 Å². The van der Waals surface area contributed by atoms with Gasteiger partial charge in [-0.15, -0.1) is 0 Å². The Labute approximate surface area is 111 Å². The Morgan fingerprint density at radius 2 is 2.33 bits per heavy atom. The summed E-state index contributed by atoms with van der Waals surface area (Å²) in [5.74, 6) is 3.93. The molecule has 0 saturated carbocycles. The molecule has 3 rings (SSSR count). The van der Waals surface area contributed by atoms with Gasteiger partial charge in [0.25, 0.3) is 5.91 Å². The maximum atomic E-state index is 12.0. The van der Waals surface area contributed by atoms with Gasteiger partial charge in [-0.25, -0.2) is 0 Å². The van der Waals surface area contributed by atoms with Crippen LogP contribution in [0.15, 0.2) is 24.3 Å². The Morgan fingerprint density at radius 1 is 1.44 bits per heavy atom. The van der Waals surface area contributed by atoms with Gasteiger partial charge in [0.2, 0.25) is 0 Å². The Bertz CT molecular complexity index is 418. The number of fused-ring (bicyclic) bond motifs is 1. The van der Waals surface area contributed by atoms with Gasteiger partial charge < -0.3 is 10.1 Å². The highest BCUT2D eigenvalue weighted by atomic mass is 32.2. The summed E-state index contributed by atoms with van der Waals surface area (Å²) in [6, 6.07) is 7.87. The van der Waals surface area contributed by atoms with Crippen molar-refractivity contribution in [1.82, 2.24) is 5.32 Å². The second-order valence-corrected chi connectivity index (χ2v) is 6.04. The zero-order valence-corrected chi connectivity index (χ0v) is 11.0. The first-order valence-electron chi connectivity index (χ1n) is 6.43. The van der Waals surface area contributed by atoms with Crippen LogP contribution in [0.2, 0.25) is 0 Å². The average molecular weight is 263 g/mol. The van der Waals surface area contributed by atoms with E-state index in [1.54, 1.807) is 0 Å². The summed E-state index contributed by atoms with van der Waals surface area (Å²) in [6.45, 7) is 0.794. The Kier molecular flexibility index (Phi) is 3.46. The fourth-order valence-electron chi connectivity index (χ4n) is 2.43. The topological polar surface area (TPSA) is 38.3 Å². The number of amides is 1. The number of carbonyl (C=O) groups is 1. The summed E-state index contributed by atoms with van der Waals surface area (Å²) in [7, 11) is 0. The smallest absolute Gasteiger partial charge is 0.261 e. The lowest BCUT2D eigenvalue weighted by molar-refractivity contribution is -0.127. The minimum atomic E-state index is -0.337. The van der Waals surface area contributed by atoms with Gasteiger partial charge in [-0.1, -0.05) is 18.2 Å². The molecule has 0 spiro atoms. The standard InChI is InChI=1S/C14H17NO2S/c16-14(15-8-10-5-6-18-9-10)13-7-11-3-1-2-4-12(11)17-13/h1-4,10,13H,5-9H2,(H,15,16). The number of hydrogen-bond donors (Lipinski definition) is 1. The average Bonchev–Trinajstić information content (AvgIpc) is 3.04. The number of rotatable bonds is 3. The molecule has 2 aliphatic heterocycles. The zero-order chi connectivity index (χ0) is 12.4. The fourth-order valence-corrected chi connectivity index (χ4v) is 3.72. The molecule has 18 heavy (non-hydrogen) atoms. The van der Waals surface area contributed by atoms with E-state index in [9.17, 15) is 4.79 Å². The van der Waals surface area contributed by atoms with E-state index in [0.29, 0.717) is 12.3 Å². The van der Waals surface area contributed by atoms with Gasteiger partial charge in [-0.05, 0) is 35.5 Å². The minimum Gasteiger partial charge on any atom is -0.480 e. The highest BCUT2D eigenvalue weighted by molar-refractivity contribution is 7.99. The van der Waals surface area contributed by atoms with Crippen LogP contribution in [0.5, 0.6) is 5.75 Å². The van der Waals surface area contributed by atoms with E-state index >= 15 is 0 Å². The highest BCUT2D eigenvalue weighted by Crippen LogP contribution is 2.28. The van der Waals surface area contributed by atoms with Gasteiger partial charge in [0.1, 0.15) is 5.75 Å². The van der Waals surface area contributed by atoms with Crippen LogP contribution in [0, 0.1) is 5.92 Å². The predicted molar refractivity (Wildman–Crippen MR) is 73.0 cm³/mol. The van der Waals surface area contributed by atoms with Crippen molar-refractivity contribution >= 4 is 17.7 Å². The largest absolute Gasteiger partial charge is 0.480 e. The number of benzene rings is 1. The molecule has 1 amide bonds. The molecule has 2 heterocycles. The molecule has 1 aromatic carbocycles.